The summed E-state index contributed by atoms with van der Waals surface area (Å²) in [4.78, 5) is 2.46. The summed E-state index contributed by atoms with van der Waals surface area (Å²) in [7, 11) is 1.73. The minimum atomic E-state index is 0. The van der Waals surface area contributed by atoms with Crippen LogP contribution in [0.1, 0.15) is 12.5 Å². The van der Waals surface area contributed by atoms with Crippen molar-refractivity contribution in [3.05, 3.63) is 28.2 Å². The molecule has 0 amide bonds. The Morgan fingerprint density at radius 2 is 2.28 bits per heavy atom. The minimum absolute atomic E-state index is 0. The van der Waals surface area contributed by atoms with Crippen molar-refractivity contribution in [2.24, 2.45) is 0 Å². The molecule has 0 saturated carbocycles. The molecule has 1 aliphatic heterocycles. The third-order valence-corrected chi connectivity index (χ3v) is 3.58. The van der Waals surface area contributed by atoms with E-state index in [0.717, 1.165) is 36.4 Å². The van der Waals surface area contributed by atoms with Crippen molar-refractivity contribution in [3.8, 4) is 5.75 Å². The first-order chi connectivity index (χ1) is 8.19. The van der Waals surface area contributed by atoms with Crippen molar-refractivity contribution >= 4 is 28.3 Å². The summed E-state index contributed by atoms with van der Waals surface area (Å²) in [6.45, 7) is 6.44. The molecule has 3 nitrogen and oxygen atoms in total. The molecular formula is C13H20BrClN2O. The van der Waals surface area contributed by atoms with E-state index in [-0.39, 0.29) is 12.4 Å². The molecular weight excluding hydrogens is 316 g/mol. The maximum atomic E-state index is 5.41. The predicted octanol–water partition coefficient (Wildman–Crippen LogP) is 2.67. The van der Waals surface area contributed by atoms with Crippen LogP contribution in [0, 0.1) is 0 Å². The van der Waals surface area contributed by atoms with Crippen LogP contribution in [0.25, 0.3) is 0 Å². The number of methoxy groups -OCH3 is 1. The standard InChI is InChI=1S/C13H19BrN2O.ClH/c1-10-8-16(6-5-15-10)9-11-7-12(14)3-4-13(11)17-2;/h3-4,7,10,15H,5-6,8-9H2,1-2H3;1H. The number of rotatable bonds is 3. The molecule has 0 aliphatic carbocycles. The molecule has 0 spiro atoms. The maximum absolute atomic E-state index is 5.41. The molecule has 1 aliphatic rings. The Morgan fingerprint density at radius 1 is 1.50 bits per heavy atom. The Balaban J connectivity index is 0.00000162. The third-order valence-electron chi connectivity index (χ3n) is 3.09. The summed E-state index contributed by atoms with van der Waals surface area (Å²) in [5.74, 6) is 0.972. The first-order valence-corrected chi connectivity index (χ1v) is 6.76. The molecule has 1 heterocycles. The number of piperazine rings is 1. The fourth-order valence-corrected chi connectivity index (χ4v) is 2.68. The molecule has 0 bridgehead atoms. The summed E-state index contributed by atoms with van der Waals surface area (Å²) in [6, 6.07) is 6.75. The molecule has 18 heavy (non-hydrogen) atoms. The van der Waals surface area contributed by atoms with E-state index in [1.807, 2.05) is 12.1 Å². The van der Waals surface area contributed by atoms with Gasteiger partial charge in [0, 0.05) is 42.3 Å². The second-order valence-electron chi connectivity index (χ2n) is 4.55. The second-order valence-corrected chi connectivity index (χ2v) is 5.46. The van der Waals surface area contributed by atoms with Gasteiger partial charge in [-0.05, 0) is 25.1 Å². The fraction of sp³-hybridized carbons (Fsp3) is 0.538. The van der Waals surface area contributed by atoms with Gasteiger partial charge in [0.1, 0.15) is 5.75 Å². The number of ether oxygens (including phenoxy) is 1. The normalized spacial score (nSPS) is 20.3. The lowest BCUT2D eigenvalue weighted by Crippen LogP contribution is -2.48. The molecule has 1 fully saturated rings. The van der Waals surface area contributed by atoms with Crippen LogP contribution in [0.2, 0.25) is 0 Å². The SMILES string of the molecule is COc1ccc(Br)cc1CN1CCNC(C)C1.Cl. The Bertz CT molecular complexity index is 389. The van der Waals surface area contributed by atoms with Crippen LogP contribution < -0.4 is 10.1 Å². The lowest BCUT2D eigenvalue weighted by Gasteiger charge is -2.32. The zero-order chi connectivity index (χ0) is 12.3. The van der Waals surface area contributed by atoms with Crippen molar-refractivity contribution in [2.45, 2.75) is 19.5 Å². The molecule has 1 aromatic rings. The highest BCUT2D eigenvalue weighted by Gasteiger charge is 2.17. The van der Waals surface area contributed by atoms with Crippen LogP contribution in [0.4, 0.5) is 0 Å². The zero-order valence-electron chi connectivity index (χ0n) is 10.8. The lowest BCUT2D eigenvalue weighted by molar-refractivity contribution is 0.197. The Labute approximate surface area is 123 Å². The molecule has 0 aromatic heterocycles. The number of nitrogens with one attached hydrogen (secondary N) is 1. The van der Waals surface area contributed by atoms with Gasteiger partial charge in [-0.3, -0.25) is 4.90 Å². The number of benzene rings is 1. The topological polar surface area (TPSA) is 24.5 Å². The van der Waals surface area contributed by atoms with Gasteiger partial charge in [-0.2, -0.15) is 0 Å². The summed E-state index contributed by atoms with van der Waals surface area (Å²) < 4.78 is 6.51. The van der Waals surface area contributed by atoms with Crippen molar-refractivity contribution in [3.63, 3.8) is 0 Å². The fourth-order valence-electron chi connectivity index (χ4n) is 2.27. The van der Waals surface area contributed by atoms with Gasteiger partial charge in [-0.15, -0.1) is 12.4 Å². The van der Waals surface area contributed by atoms with E-state index in [9.17, 15) is 0 Å². The highest BCUT2D eigenvalue weighted by molar-refractivity contribution is 9.10. The van der Waals surface area contributed by atoms with Crippen molar-refractivity contribution in [2.75, 3.05) is 26.7 Å². The molecule has 1 saturated heterocycles. The van der Waals surface area contributed by atoms with Gasteiger partial charge >= 0.3 is 0 Å². The number of nitrogens with zero attached hydrogens (tertiary/aromatic N) is 1. The Hall–Kier alpha value is -0.290. The van der Waals surface area contributed by atoms with Crippen LogP contribution in [-0.4, -0.2) is 37.7 Å². The van der Waals surface area contributed by atoms with Crippen molar-refractivity contribution in [1.29, 1.82) is 0 Å². The molecule has 2 rings (SSSR count). The summed E-state index contributed by atoms with van der Waals surface area (Å²) in [5, 5.41) is 3.46. The molecule has 1 N–H and O–H groups in total. The minimum Gasteiger partial charge on any atom is -0.496 e. The molecule has 1 aromatic carbocycles. The summed E-state index contributed by atoms with van der Waals surface area (Å²) >= 11 is 3.52. The first-order valence-electron chi connectivity index (χ1n) is 5.97. The maximum Gasteiger partial charge on any atom is 0.123 e. The second kappa shape index (κ2) is 7.34. The first kappa shape index (κ1) is 15.8. The summed E-state index contributed by atoms with van der Waals surface area (Å²) in [6.07, 6.45) is 0. The molecule has 102 valence electrons. The Kier molecular flexibility index (Phi) is 6.43. The number of hydrogen-bond acceptors (Lipinski definition) is 3. The van der Waals surface area contributed by atoms with Crippen LogP contribution in [0.5, 0.6) is 5.75 Å². The average molecular weight is 336 g/mol. The zero-order valence-corrected chi connectivity index (χ0v) is 13.2. The average Bonchev–Trinajstić information content (AvgIpc) is 2.29. The van der Waals surface area contributed by atoms with E-state index in [0.29, 0.717) is 6.04 Å². The smallest absolute Gasteiger partial charge is 0.123 e. The van der Waals surface area contributed by atoms with E-state index in [2.05, 4.69) is 39.1 Å². The van der Waals surface area contributed by atoms with E-state index in [1.54, 1.807) is 7.11 Å². The van der Waals surface area contributed by atoms with Gasteiger partial charge in [-0.1, -0.05) is 15.9 Å². The van der Waals surface area contributed by atoms with Gasteiger partial charge in [0.05, 0.1) is 7.11 Å². The quantitative estimate of drug-likeness (QED) is 0.919. The van der Waals surface area contributed by atoms with Crippen LogP contribution in [0.3, 0.4) is 0 Å². The van der Waals surface area contributed by atoms with E-state index >= 15 is 0 Å². The lowest BCUT2D eigenvalue weighted by atomic mass is 10.1. The highest BCUT2D eigenvalue weighted by atomic mass is 79.9. The highest BCUT2D eigenvalue weighted by Crippen LogP contribution is 2.24. The van der Waals surface area contributed by atoms with Crippen molar-refractivity contribution < 1.29 is 4.74 Å². The van der Waals surface area contributed by atoms with Crippen LogP contribution in [-0.2, 0) is 6.54 Å². The van der Waals surface area contributed by atoms with Crippen molar-refractivity contribution in [1.82, 2.24) is 10.2 Å². The predicted molar refractivity (Wildman–Crippen MR) is 80.7 cm³/mol. The van der Waals surface area contributed by atoms with Gasteiger partial charge in [0.25, 0.3) is 0 Å². The molecule has 0 radical (unpaired) electrons. The van der Waals surface area contributed by atoms with Gasteiger partial charge in [-0.25, -0.2) is 0 Å². The van der Waals surface area contributed by atoms with Gasteiger partial charge in [0.2, 0.25) is 0 Å². The Morgan fingerprint density at radius 3 is 2.94 bits per heavy atom. The van der Waals surface area contributed by atoms with Crippen LogP contribution >= 0.6 is 28.3 Å². The molecule has 1 unspecified atom stereocenters. The van der Waals surface area contributed by atoms with E-state index < -0.39 is 0 Å². The van der Waals surface area contributed by atoms with Gasteiger partial charge < -0.3 is 10.1 Å². The third kappa shape index (κ3) is 4.12. The largest absolute Gasteiger partial charge is 0.496 e. The number of hydrogen-bond donors (Lipinski definition) is 1. The van der Waals surface area contributed by atoms with E-state index in [4.69, 9.17) is 4.74 Å². The summed E-state index contributed by atoms with van der Waals surface area (Å²) in [5.41, 5.74) is 1.25. The number of halogens is 2. The molecule has 1 atom stereocenters. The van der Waals surface area contributed by atoms with Crippen LogP contribution in [0.15, 0.2) is 22.7 Å². The van der Waals surface area contributed by atoms with E-state index in [1.165, 1.54) is 5.56 Å². The molecule has 5 heteroatoms. The monoisotopic (exact) mass is 334 g/mol. The van der Waals surface area contributed by atoms with Gasteiger partial charge in [0.15, 0.2) is 0 Å².